The van der Waals surface area contributed by atoms with Gasteiger partial charge in [0.15, 0.2) is 5.16 Å². The molecule has 0 bridgehead atoms. The number of benzene rings is 1. The van der Waals surface area contributed by atoms with Gasteiger partial charge in [-0.05, 0) is 13.0 Å². The molecule has 4 nitrogen and oxygen atoms in total. The molecule has 0 aliphatic rings. The maximum atomic E-state index is 13.7. The van der Waals surface area contributed by atoms with Crippen LogP contribution >= 0.6 is 11.8 Å². The third-order valence-electron chi connectivity index (χ3n) is 2.32. The normalized spacial score (nSPS) is 14.5. The first kappa shape index (κ1) is 12.1. The van der Waals surface area contributed by atoms with E-state index in [0.29, 0.717) is 10.7 Å². The van der Waals surface area contributed by atoms with Crippen molar-refractivity contribution >= 4 is 11.8 Å². The molecule has 0 fully saturated rings. The van der Waals surface area contributed by atoms with E-state index in [-0.39, 0.29) is 17.1 Å². The quantitative estimate of drug-likeness (QED) is 0.818. The SMILES string of the molecule is CC(N)C(Sc1ncn[nH]1)c1ccccc1F. The molecule has 0 radical (unpaired) electrons. The van der Waals surface area contributed by atoms with Crippen LogP contribution in [0.2, 0.25) is 0 Å². The van der Waals surface area contributed by atoms with Crippen molar-refractivity contribution in [2.45, 2.75) is 23.4 Å². The Labute approximate surface area is 103 Å². The van der Waals surface area contributed by atoms with E-state index in [9.17, 15) is 4.39 Å². The summed E-state index contributed by atoms with van der Waals surface area (Å²) in [6.07, 6.45) is 1.42. The molecular weight excluding hydrogens is 239 g/mol. The van der Waals surface area contributed by atoms with Gasteiger partial charge in [-0.1, -0.05) is 30.0 Å². The predicted octanol–water partition coefficient (Wildman–Crippen LogP) is 2.12. The van der Waals surface area contributed by atoms with Crippen molar-refractivity contribution in [1.29, 1.82) is 0 Å². The Morgan fingerprint density at radius 2 is 2.18 bits per heavy atom. The van der Waals surface area contributed by atoms with E-state index in [0.717, 1.165) is 0 Å². The number of halogens is 1. The first-order chi connectivity index (χ1) is 8.18. The number of hydrogen-bond donors (Lipinski definition) is 2. The third kappa shape index (κ3) is 2.83. The number of H-pyrrole nitrogens is 1. The summed E-state index contributed by atoms with van der Waals surface area (Å²) in [7, 11) is 0. The molecule has 17 heavy (non-hydrogen) atoms. The lowest BCUT2D eigenvalue weighted by Crippen LogP contribution is -2.23. The van der Waals surface area contributed by atoms with Crippen LogP contribution < -0.4 is 5.73 Å². The number of aromatic nitrogens is 3. The number of hydrogen-bond acceptors (Lipinski definition) is 4. The molecule has 2 atom stereocenters. The molecule has 0 spiro atoms. The zero-order valence-corrected chi connectivity index (χ0v) is 10.1. The van der Waals surface area contributed by atoms with Crippen LogP contribution in [0.25, 0.3) is 0 Å². The standard InChI is InChI=1S/C11H13FN4S/c1-7(13)10(17-11-14-6-15-16-11)8-4-2-3-5-9(8)12/h2-7,10H,13H2,1H3,(H,14,15,16). The van der Waals surface area contributed by atoms with E-state index >= 15 is 0 Å². The minimum absolute atomic E-state index is 0.191. The van der Waals surface area contributed by atoms with Crippen molar-refractivity contribution in [1.82, 2.24) is 15.2 Å². The van der Waals surface area contributed by atoms with E-state index in [2.05, 4.69) is 15.2 Å². The van der Waals surface area contributed by atoms with Crippen molar-refractivity contribution in [2.75, 3.05) is 0 Å². The number of rotatable bonds is 4. The van der Waals surface area contributed by atoms with Crippen LogP contribution in [0.4, 0.5) is 4.39 Å². The molecule has 0 aliphatic heterocycles. The maximum absolute atomic E-state index is 13.7. The smallest absolute Gasteiger partial charge is 0.184 e. The first-order valence-corrected chi connectivity index (χ1v) is 6.08. The minimum Gasteiger partial charge on any atom is -0.327 e. The largest absolute Gasteiger partial charge is 0.327 e. The van der Waals surface area contributed by atoms with Gasteiger partial charge in [0.05, 0.1) is 5.25 Å². The fraction of sp³-hybridized carbons (Fsp3) is 0.273. The third-order valence-corrected chi connectivity index (χ3v) is 3.68. The van der Waals surface area contributed by atoms with Crippen LogP contribution in [0.15, 0.2) is 35.7 Å². The zero-order chi connectivity index (χ0) is 12.3. The monoisotopic (exact) mass is 252 g/mol. The van der Waals surface area contributed by atoms with Gasteiger partial charge in [-0.25, -0.2) is 9.37 Å². The number of thioether (sulfide) groups is 1. The van der Waals surface area contributed by atoms with E-state index < -0.39 is 0 Å². The van der Waals surface area contributed by atoms with Gasteiger partial charge in [-0.15, -0.1) is 0 Å². The van der Waals surface area contributed by atoms with E-state index in [1.54, 1.807) is 18.2 Å². The zero-order valence-electron chi connectivity index (χ0n) is 9.30. The Balaban J connectivity index is 2.27. The number of nitrogens with one attached hydrogen (secondary N) is 1. The summed E-state index contributed by atoms with van der Waals surface area (Å²) in [6.45, 7) is 1.85. The van der Waals surface area contributed by atoms with Crippen LogP contribution in [0.5, 0.6) is 0 Å². The Morgan fingerprint density at radius 3 is 2.76 bits per heavy atom. The highest BCUT2D eigenvalue weighted by Crippen LogP contribution is 2.36. The lowest BCUT2D eigenvalue weighted by Gasteiger charge is -2.19. The highest BCUT2D eigenvalue weighted by molar-refractivity contribution is 7.99. The molecule has 0 saturated heterocycles. The minimum atomic E-state index is -0.248. The van der Waals surface area contributed by atoms with Crippen LogP contribution in [-0.2, 0) is 0 Å². The van der Waals surface area contributed by atoms with Crippen molar-refractivity contribution in [2.24, 2.45) is 5.73 Å². The first-order valence-electron chi connectivity index (χ1n) is 5.20. The molecule has 1 aromatic heterocycles. The highest BCUT2D eigenvalue weighted by Gasteiger charge is 2.21. The fourth-order valence-electron chi connectivity index (χ4n) is 1.53. The summed E-state index contributed by atoms with van der Waals surface area (Å²) in [5.74, 6) is -0.248. The van der Waals surface area contributed by atoms with Crippen molar-refractivity contribution < 1.29 is 4.39 Å². The molecule has 90 valence electrons. The molecule has 6 heteroatoms. The van der Waals surface area contributed by atoms with Crippen LogP contribution in [0.3, 0.4) is 0 Å². The van der Waals surface area contributed by atoms with E-state index in [1.807, 2.05) is 6.92 Å². The second-order valence-electron chi connectivity index (χ2n) is 3.71. The number of aromatic amines is 1. The molecule has 0 amide bonds. The molecular formula is C11H13FN4S. The second kappa shape index (κ2) is 5.29. The maximum Gasteiger partial charge on any atom is 0.184 e. The molecule has 0 aliphatic carbocycles. The van der Waals surface area contributed by atoms with Gasteiger partial charge in [0.25, 0.3) is 0 Å². The second-order valence-corrected chi connectivity index (χ2v) is 4.84. The van der Waals surface area contributed by atoms with Gasteiger partial charge in [0, 0.05) is 11.6 Å². The molecule has 1 aromatic carbocycles. The molecule has 2 rings (SSSR count). The van der Waals surface area contributed by atoms with E-state index in [1.165, 1.54) is 24.2 Å². The lowest BCUT2D eigenvalue weighted by molar-refractivity contribution is 0.592. The van der Waals surface area contributed by atoms with E-state index in [4.69, 9.17) is 5.73 Å². The van der Waals surface area contributed by atoms with Gasteiger partial charge in [0.2, 0.25) is 0 Å². The Bertz CT molecular complexity index is 472. The molecule has 0 saturated carbocycles. The molecule has 1 heterocycles. The van der Waals surface area contributed by atoms with Gasteiger partial charge in [-0.3, -0.25) is 5.10 Å². The summed E-state index contributed by atoms with van der Waals surface area (Å²) in [5, 5.41) is 6.94. The average molecular weight is 252 g/mol. The van der Waals surface area contributed by atoms with Crippen molar-refractivity contribution in [3.63, 3.8) is 0 Å². The molecule has 2 unspecified atom stereocenters. The van der Waals surface area contributed by atoms with Crippen LogP contribution in [0, 0.1) is 5.82 Å². The predicted molar refractivity (Wildman–Crippen MR) is 65.0 cm³/mol. The van der Waals surface area contributed by atoms with Crippen molar-refractivity contribution in [3.05, 3.63) is 42.0 Å². The van der Waals surface area contributed by atoms with Crippen LogP contribution in [0.1, 0.15) is 17.7 Å². The van der Waals surface area contributed by atoms with Crippen LogP contribution in [-0.4, -0.2) is 21.2 Å². The Hall–Kier alpha value is -1.40. The van der Waals surface area contributed by atoms with Gasteiger partial charge in [0.1, 0.15) is 12.1 Å². The average Bonchev–Trinajstić information content (AvgIpc) is 2.79. The Kier molecular flexibility index (Phi) is 3.75. The summed E-state index contributed by atoms with van der Waals surface area (Å²) >= 11 is 1.38. The summed E-state index contributed by atoms with van der Waals surface area (Å²) < 4.78 is 13.7. The van der Waals surface area contributed by atoms with Gasteiger partial charge < -0.3 is 5.73 Å². The number of nitrogens with zero attached hydrogens (tertiary/aromatic N) is 2. The van der Waals surface area contributed by atoms with Gasteiger partial charge >= 0.3 is 0 Å². The molecule has 3 N–H and O–H groups in total. The van der Waals surface area contributed by atoms with Gasteiger partial charge in [-0.2, -0.15) is 5.10 Å². The molecule has 2 aromatic rings. The topological polar surface area (TPSA) is 67.6 Å². The Morgan fingerprint density at radius 1 is 1.41 bits per heavy atom. The fourth-order valence-corrected chi connectivity index (χ4v) is 2.52. The van der Waals surface area contributed by atoms with Crippen molar-refractivity contribution in [3.8, 4) is 0 Å². The number of nitrogens with two attached hydrogens (primary N) is 1. The lowest BCUT2D eigenvalue weighted by atomic mass is 10.1. The summed E-state index contributed by atoms with van der Waals surface area (Å²) in [4.78, 5) is 4.01. The summed E-state index contributed by atoms with van der Waals surface area (Å²) in [5.41, 5.74) is 6.49. The highest BCUT2D eigenvalue weighted by atomic mass is 32.2. The summed E-state index contributed by atoms with van der Waals surface area (Å²) in [6, 6.07) is 6.45.